The molecule has 1 aliphatic heterocycles. The van der Waals surface area contributed by atoms with Crippen LogP contribution in [0.1, 0.15) is 25.3 Å². The first-order valence-electron chi connectivity index (χ1n) is 9.10. The second kappa shape index (κ2) is 8.67. The van der Waals surface area contributed by atoms with Gasteiger partial charge in [-0.25, -0.2) is 0 Å². The number of carbonyl (C=O) groups is 1. The number of benzene rings is 2. The van der Waals surface area contributed by atoms with Gasteiger partial charge >= 0.3 is 0 Å². The second-order valence-electron chi connectivity index (χ2n) is 6.85. The molecule has 3 rings (SSSR count). The number of nitrogens with one attached hydrogen (secondary N) is 2. The Bertz CT molecular complexity index is 661. The molecule has 2 aromatic carbocycles. The maximum atomic E-state index is 12.0. The minimum Gasteiger partial charge on any atom is -0.372 e. The summed E-state index contributed by atoms with van der Waals surface area (Å²) in [5.74, 6) is 0.814. The molecule has 1 saturated heterocycles. The van der Waals surface area contributed by atoms with Crippen LogP contribution in [0, 0.1) is 5.92 Å². The van der Waals surface area contributed by atoms with E-state index in [1.54, 1.807) is 0 Å². The highest BCUT2D eigenvalue weighted by Crippen LogP contribution is 2.24. The summed E-state index contributed by atoms with van der Waals surface area (Å²) in [6.45, 7) is 5.57. The average molecular weight is 337 g/mol. The van der Waals surface area contributed by atoms with Gasteiger partial charge < -0.3 is 15.5 Å². The Kier molecular flexibility index (Phi) is 6.07. The molecule has 4 nitrogen and oxygen atoms in total. The van der Waals surface area contributed by atoms with Crippen molar-refractivity contribution in [2.75, 3.05) is 29.9 Å². The number of rotatable bonds is 6. The summed E-state index contributed by atoms with van der Waals surface area (Å²) in [6.07, 6.45) is 2.51. The summed E-state index contributed by atoms with van der Waals surface area (Å²) >= 11 is 0. The molecule has 0 aromatic heterocycles. The number of piperidine rings is 1. The Balaban J connectivity index is 1.44. The molecule has 2 N–H and O–H groups in total. The lowest BCUT2D eigenvalue weighted by Crippen LogP contribution is -2.32. The molecule has 1 aliphatic rings. The van der Waals surface area contributed by atoms with Gasteiger partial charge in [0.25, 0.3) is 0 Å². The first-order valence-corrected chi connectivity index (χ1v) is 9.10. The Morgan fingerprint density at radius 3 is 2.40 bits per heavy atom. The maximum Gasteiger partial charge on any atom is 0.238 e. The van der Waals surface area contributed by atoms with Gasteiger partial charge in [0.2, 0.25) is 5.91 Å². The largest absolute Gasteiger partial charge is 0.372 e. The van der Waals surface area contributed by atoms with Crippen LogP contribution in [-0.4, -0.2) is 25.5 Å². The number of nitrogens with zero attached hydrogens (tertiary/aromatic N) is 1. The monoisotopic (exact) mass is 337 g/mol. The molecule has 1 amide bonds. The van der Waals surface area contributed by atoms with E-state index in [0.717, 1.165) is 24.7 Å². The highest BCUT2D eigenvalue weighted by molar-refractivity contribution is 5.92. The highest BCUT2D eigenvalue weighted by Gasteiger charge is 2.15. The molecule has 1 fully saturated rings. The van der Waals surface area contributed by atoms with Gasteiger partial charge in [0.05, 0.1) is 6.54 Å². The molecule has 0 spiro atoms. The Morgan fingerprint density at radius 1 is 1.04 bits per heavy atom. The third kappa shape index (κ3) is 5.33. The zero-order valence-corrected chi connectivity index (χ0v) is 14.9. The van der Waals surface area contributed by atoms with Crippen LogP contribution >= 0.6 is 0 Å². The molecule has 0 radical (unpaired) electrons. The molecule has 0 saturated carbocycles. The quantitative estimate of drug-likeness (QED) is 0.846. The van der Waals surface area contributed by atoms with Crippen molar-refractivity contribution < 1.29 is 4.79 Å². The Hall–Kier alpha value is -2.33. The molecule has 0 unspecified atom stereocenters. The SMILES string of the molecule is CC1CCN(c2ccc(NC(=O)CNCc3ccccc3)cc2)CC1. The summed E-state index contributed by atoms with van der Waals surface area (Å²) in [5, 5.41) is 6.11. The maximum absolute atomic E-state index is 12.0. The van der Waals surface area contributed by atoms with Crippen LogP contribution in [-0.2, 0) is 11.3 Å². The number of anilines is 2. The molecular weight excluding hydrogens is 310 g/mol. The standard InChI is InChI=1S/C21H27N3O/c1-17-11-13-24(14-12-17)20-9-7-19(8-10-20)23-21(25)16-22-15-18-5-3-2-4-6-18/h2-10,17,22H,11-16H2,1H3,(H,23,25). The Labute approximate surface area is 150 Å². The van der Waals surface area contributed by atoms with Crippen molar-refractivity contribution in [2.24, 2.45) is 5.92 Å². The predicted octanol–water partition coefficient (Wildman–Crippen LogP) is 3.65. The van der Waals surface area contributed by atoms with E-state index in [9.17, 15) is 4.79 Å². The summed E-state index contributed by atoms with van der Waals surface area (Å²) in [5.41, 5.74) is 3.27. The third-order valence-electron chi connectivity index (χ3n) is 4.76. The summed E-state index contributed by atoms with van der Waals surface area (Å²) in [7, 11) is 0. The van der Waals surface area contributed by atoms with E-state index in [0.29, 0.717) is 13.1 Å². The van der Waals surface area contributed by atoms with E-state index < -0.39 is 0 Å². The first-order chi connectivity index (χ1) is 12.2. The van der Waals surface area contributed by atoms with E-state index in [1.807, 2.05) is 42.5 Å². The van der Waals surface area contributed by atoms with Gasteiger partial charge in [-0.2, -0.15) is 0 Å². The zero-order chi connectivity index (χ0) is 17.5. The van der Waals surface area contributed by atoms with Gasteiger partial charge in [-0.05, 0) is 48.6 Å². The normalized spacial score (nSPS) is 15.2. The van der Waals surface area contributed by atoms with Crippen molar-refractivity contribution in [1.29, 1.82) is 0 Å². The van der Waals surface area contributed by atoms with Gasteiger partial charge in [-0.1, -0.05) is 37.3 Å². The lowest BCUT2D eigenvalue weighted by molar-refractivity contribution is -0.115. The van der Waals surface area contributed by atoms with Gasteiger partial charge in [0.15, 0.2) is 0 Å². The van der Waals surface area contributed by atoms with Crippen molar-refractivity contribution in [3.63, 3.8) is 0 Å². The number of hydrogen-bond donors (Lipinski definition) is 2. The van der Waals surface area contributed by atoms with E-state index in [2.05, 4.69) is 34.6 Å². The molecule has 0 atom stereocenters. The van der Waals surface area contributed by atoms with E-state index in [-0.39, 0.29) is 5.91 Å². The van der Waals surface area contributed by atoms with E-state index in [4.69, 9.17) is 0 Å². The number of hydrogen-bond acceptors (Lipinski definition) is 3. The second-order valence-corrected chi connectivity index (χ2v) is 6.85. The van der Waals surface area contributed by atoms with Crippen molar-refractivity contribution in [1.82, 2.24) is 5.32 Å². The minimum absolute atomic E-state index is 0.0181. The van der Waals surface area contributed by atoms with Crippen LogP contribution in [0.2, 0.25) is 0 Å². The zero-order valence-electron chi connectivity index (χ0n) is 14.9. The third-order valence-corrected chi connectivity index (χ3v) is 4.76. The summed E-state index contributed by atoms with van der Waals surface area (Å²) < 4.78 is 0. The fourth-order valence-corrected chi connectivity index (χ4v) is 3.14. The fraction of sp³-hybridized carbons (Fsp3) is 0.381. The smallest absolute Gasteiger partial charge is 0.238 e. The average Bonchev–Trinajstić information content (AvgIpc) is 2.64. The number of amides is 1. The van der Waals surface area contributed by atoms with E-state index >= 15 is 0 Å². The van der Waals surface area contributed by atoms with Crippen LogP contribution < -0.4 is 15.5 Å². The lowest BCUT2D eigenvalue weighted by atomic mass is 9.99. The molecule has 1 heterocycles. The van der Waals surface area contributed by atoms with Crippen LogP contribution in [0.3, 0.4) is 0 Å². The molecule has 0 bridgehead atoms. The van der Waals surface area contributed by atoms with Gasteiger partial charge in [0, 0.05) is 31.0 Å². The van der Waals surface area contributed by atoms with Crippen molar-refractivity contribution >= 4 is 17.3 Å². The van der Waals surface area contributed by atoms with Crippen LogP contribution in [0.4, 0.5) is 11.4 Å². The lowest BCUT2D eigenvalue weighted by Gasteiger charge is -2.32. The molecule has 2 aromatic rings. The molecule has 0 aliphatic carbocycles. The molecule has 132 valence electrons. The van der Waals surface area contributed by atoms with Gasteiger partial charge in [-0.15, -0.1) is 0 Å². The van der Waals surface area contributed by atoms with Crippen LogP contribution in [0.25, 0.3) is 0 Å². The molecule has 4 heteroatoms. The van der Waals surface area contributed by atoms with Crippen LogP contribution in [0.15, 0.2) is 54.6 Å². The summed E-state index contributed by atoms with van der Waals surface area (Å²) in [6, 6.07) is 18.3. The molecular formula is C21H27N3O. The summed E-state index contributed by atoms with van der Waals surface area (Å²) in [4.78, 5) is 14.5. The van der Waals surface area contributed by atoms with Crippen molar-refractivity contribution in [3.05, 3.63) is 60.2 Å². The molecule has 25 heavy (non-hydrogen) atoms. The first kappa shape index (κ1) is 17.5. The predicted molar refractivity (Wildman–Crippen MR) is 104 cm³/mol. The van der Waals surface area contributed by atoms with E-state index in [1.165, 1.54) is 24.1 Å². The van der Waals surface area contributed by atoms with Crippen molar-refractivity contribution in [3.8, 4) is 0 Å². The topological polar surface area (TPSA) is 44.4 Å². The van der Waals surface area contributed by atoms with Gasteiger partial charge in [0.1, 0.15) is 0 Å². The number of carbonyl (C=O) groups excluding carboxylic acids is 1. The minimum atomic E-state index is -0.0181. The van der Waals surface area contributed by atoms with Gasteiger partial charge in [-0.3, -0.25) is 4.79 Å². The fourth-order valence-electron chi connectivity index (χ4n) is 3.14. The van der Waals surface area contributed by atoms with Crippen LogP contribution in [0.5, 0.6) is 0 Å². The Morgan fingerprint density at radius 2 is 1.72 bits per heavy atom. The highest BCUT2D eigenvalue weighted by atomic mass is 16.1. The van der Waals surface area contributed by atoms with Crippen molar-refractivity contribution in [2.45, 2.75) is 26.3 Å².